The number of phenols is 22. The molecule has 0 aliphatic rings. The summed E-state index contributed by atoms with van der Waals surface area (Å²) in [6.07, 6.45) is 0. The summed E-state index contributed by atoms with van der Waals surface area (Å²) in [6, 6.07) is 20.9. The lowest BCUT2D eigenvalue weighted by Gasteiger charge is -2.14. The van der Waals surface area contributed by atoms with E-state index in [0.29, 0.717) is 121 Å². The van der Waals surface area contributed by atoms with Crippen molar-refractivity contribution < 1.29 is 217 Å². The zero-order chi connectivity index (χ0) is 92.3. The second-order valence-corrected chi connectivity index (χ2v) is 25.8. The average Bonchev–Trinajstić information content (AvgIpc) is 0.803. The summed E-state index contributed by atoms with van der Waals surface area (Å²) >= 11 is 0. The normalized spacial score (nSPS) is 10.8. The molecule has 0 bridgehead atoms. The summed E-state index contributed by atoms with van der Waals surface area (Å²) in [5, 5.41) is 229. The molecule has 44 heteroatoms. The van der Waals surface area contributed by atoms with Crippen LogP contribution in [0, 0.1) is 0 Å². The topological polar surface area (TPSA) is 734 Å². The number of carbonyl (C=O) groups excluding carboxylic acids is 11. The van der Waals surface area contributed by atoms with Gasteiger partial charge in [-0.15, -0.1) is 0 Å². The second kappa shape index (κ2) is 34.8. The highest BCUT2D eigenvalue weighted by atomic mass is 16.6. The van der Waals surface area contributed by atoms with Gasteiger partial charge in [0.1, 0.15) is 17.2 Å². The van der Waals surface area contributed by atoms with E-state index in [1.165, 1.54) is 30.3 Å². The van der Waals surface area contributed by atoms with E-state index in [-0.39, 0.29) is 5.56 Å². The average molecular weight is 1750 g/mol. The van der Waals surface area contributed by atoms with Crippen LogP contribution in [-0.4, -0.2) is 178 Å². The number of esters is 11. The van der Waals surface area contributed by atoms with Crippen molar-refractivity contribution in [2.75, 3.05) is 0 Å². The molecule has 0 aliphatic carbocycles. The fourth-order valence-electron chi connectivity index (χ4n) is 10.8. The maximum atomic E-state index is 14.0. The SMILES string of the molecule is O=C(Oc1cc(OC(=O)c2cc(O)c(O)c(OC(=O)c3cc(O)c(O)c(OC(=O)c4cc(O)c(O)c(OC(=O)c5cc(O)c(O)c(OC(=O)c6cc(O)c(O)c(O)c6)c5)c4)c3)c2)cc(OC(=O)c2cc(O)c(O)c(OC(=O)c3cc(O)c(O)c(OC(=O)c4cc(O)c(O)c(OC(=O)c5cc(O)c(O)c(OC(=O)c6cc(O)c(O)c(O)c6)c5)c4)c3)c2)c1)c1ccccc1. The Bertz CT molecular complexity index is 6290. The van der Waals surface area contributed by atoms with Gasteiger partial charge in [-0.2, -0.15) is 0 Å². The van der Waals surface area contributed by atoms with E-state index in [1.54, 1.807) is 0 Å². The Balaban J connectivity index is 0.724. The van der Waals surface area contributed by atoms with Crippen LogP contribution in [0.1, 0.15) is 114 Å². The Morgan fingerprint density at radius 1 is 0.142 bits per heavy atom. The predicted octanol–water partition coefficient (Wildman–Crippen LogP) is 8.62. The molecule has 0 heterocycles. The Morgan fingerprint density at radius 2 is 0.268 bits per heavy atom. The van der Waals surface area contributed by atoms with Crippen LogP contribution < -0.4 is 52.1 Å². The van der Waals surface area contributed by atoms with Crippen LogP contribution in [0.4, 0.5) is 0 Å². The van der Waals surface area contributed by atoms with E-state index in [4.69, 9.17) is 52.1 Å². The monoisotopic (exact) mass is 1750 g/mol. The van der Waals surface area contributed by atoms with Gasteiger partial charge < -0.3 is 164 Å². The predicted molar refractivity (Wildman–Crippen MR) is 408 cm³/mol. The van der Waals surface area contributed by atoms with E-state index in [1.807, 2.05) is 0 Å². The van der Waals surface area contributed by atoms with Gasteiger partial charge in [-0.05, 0) is 133 Å². The quantitative estimate of drug-likeness (QED) is 0.0171. The summed E-state index contributed by atoms with van der Waals surface area (Å²) in [5.74, 6) is -52.4. The van der Waals surface area contributed by atoms with Crippen LogP contribution in [0.5, 0.6) is 190 Å². The molecule has 12 rings (SSSR count). The third-order valence-corrected chi connectivity index (χ3v) is 17.1. The summed E-state index contributed by atoms with van der Waals surface area (Å²) in [7, 11) is 0. The molecule has 0 unspecified atom stereocenters. The van der Waals surface area contributed by atoms with E-state index < -0.39 is 311 Å². The van der Waals surface area contributed by atoms with Crippen molar-refractivity contribution in [1.82, 2.24) is 0 Å². The molecule has 12 aromatic rings. The van der Waals surface area contributed by atoms with E-state index >= 15 is 0 Å². The number of hydrogen-bond acceptors (Lipinski definition) is 44. The van der Waals surface area contributed by atoms with Crippen molar-refractivity contribution in [2.45, 2.75) is 0 Å². The van der Waals surface area contributed by atoms with Gasteiger partial charge >= 0.3 is 65.7 Å². The van der Waals surface area contributed by atoms with Crippen molar-refractivity contribution in [3.05, 3.63) is 231 Å². The molecule has 0 saturated heterocycles. The second-order valence-electron chi connectivity index (χ2n) is 25.8. The fraction of sp³-hybridized carbons (Fsp3) is 0. The number of aromatic hydroxyl groups is 22. The molecular weight excluding hydrogens is 1700 g/mol. The minimum absolute atomic E-state index is 0.0736. The number of hydrogen-bond donors (Lipinski definition) is 22. The Hall–Kier alpha value is -19.6. The summed E-state index contributed by atoms with van der Waals surface area (Å²) in [6.45, 7) is 0. The van der Waals surface area contributed by atoms with Gasteiger partial charge in [-0.25, -0.2) is 52.7 Å². The largest absolute Gasteiger partial charge is 0.504 e. The van der Waals surface area contributed by atoms with Crippen LogP contribution in [0.25, 0.3) is 0 Å². The number of ether oxygens (including phenoxy) is 11. The van der Waals surface area contributed by atoms with Gasteiger partial charge in [0.2, 0.25) is 46.0 Å². The standard InChI is InChI=1S/C83H50O44/c84-43-6-30(7-44(85)63(43)96)76(109)120-57-20-34(12-49(90)67(57)100)80(113)124-61-24-38(16-53(94)71(61)104)82(115)126-59-22-36(14-51(92)69(59)102)78(111)122-55-18-32(10-47(88)65(55)98)74(107)118-41-26-40(117-73(106)29-4-2-1-3-5-29)27-42(28-41)119-75(108)33-11-48(89)66(99)56(19-33)123-79(112)37-15-52(93)70(103)60(23-37)127-83(116)39-17-54(95)72(105)62(25-39)125-81(114)35-13-50(91)68(101)58(21-35)121-77(110)31-8-45(86)64(97)46(87)9-31/h1-28,84-105H. The van der Waals surface area contributed by atoms with Crippen molar-refractivity contribution in [3.8, 4) is 190 Å². The lowest BCUT2D eigenvalue weighted by molar-refractivity contribution is 0.0697. The third kappa shape index (κ3) is 18.8. The first kappa shape index (κ1) is 86.7. The molecule has 646 valence electrons. The van der Waals surface area contributed by atoms with Gasteiger partial charge in [-0.3, -0.25) is 0 Å². The molecule has 44 nitrogen and oxygen atoms in total. The molecule has 0 radical (unpaired) electrons. The molecule has 0 aromatic heterocycles. The minimum Gasteiger partial charge on any atom is -0.504 e. The number of rotatable bonds is 22. The fourth-order valence-corrected chi connectivity index (χ4v) is 10.8. The highest BCUT2D eigenvalue weighted by molar-refractivity contribution is 6.02. The van der Waals surface area contributed by atoms with Crippen molar-refractivity contribution >= 4 is 65.7 Å². The summed E-state index contributed by atoms with van der Waals surface area (Å²) in [4.78, 5) is 149. The minimum atomic E-state index is -1.65. The van der Waals surface area contributed by atoms with E-state index in [0.717, 1.165) is 18.2 Å². The van der Waals surface area contributed by atoms with Gasteiger partial charge in [0.05, 0.1) is 61.2 Å². The Morgan fingerprint density at radius 3 is 0.425 bits per heavy atom. The van der Waals surface area contributed by atoms with Crippen LogP contribution in [-0.2, 0) is 0 Å². The zero-order valence-corrected chi connectivity index (χ0v) is 62.5. The molecule has 0 fully saturated rings. The van der Waals surface area contributed by atoms with E-state index in [9.17, 15) is 165 Å². The van der Waals surface area contributed by atoms with Crippen LogP contribution >= 0.6 is 0 Å². The molecule has 22 N–H and O–H groups in total. The summed E-state index contributed by atoms with van der Waals surface area (Å²) in [5.41, 5.74) is -7.87. The molecule has 0 atom stereocenters. The molecule has 0 spiro atoms. The first-order chi connectivity index (χ1) is 60.0. The van der Waals surface area contributed by atoms with Crippen molar-refractivity contribution in [1.29, 1.82) is 0 Å². The van der Waals surface area contributed by atoms with Crippen LogP contribution in [0.3, 0.4) is 0 Å². The molecule has 0 saturated carbocycles. The number of carbonyl (C=O) groups is 11. The summed E-state index contributed by atoms with van der Waals surface area (Å²) < 4.78 is 57.3. The van der Waals surface area contributed by atoms with Gasteiger partial charge in [0, 0.05) is 18.2 Å². The first-order valence-corrected chi connectivity index (χ1v) is 34.6. The third-order valence-electron chi connectivity index (χ3n) is 17.1. The highest BCUT2D eigenvalue weighted by Crippen LogP contribution is 2.48. The molecule has 127 heavy (non-hydrogen) atoms. The Kier molecular flexibility index (Phi) is 23.7. The van der Waals surface area contributed by atoms with Gasteiger partial charge in [-0.1, -0.05) is 18.2 Å². The molecule has 12 aromatic carbocycles. The molecule has 0 amide bonds. The zero-order valence-electron chi connectivity index (χ0n) is 62.5. The number of phenolic OH excluding ortho intramolecular Hbond substituents is 22. The maximum Gasteiger partial charge on any atom is 0.343 e. The Labute approximate surface area is 701 Å². The molecule has 0 aliphatic heterocycles. The van der Waals surface area contributed by atoms with Crippen LogP contribution in [0.15, 0.2) is 170 Å². The van der Waals surface area contributed by atoms with Gasteiger partial charge in [0.25, 0.3) is 0 Å². The smallest absolute Gasteiger partial charge is 0.343 e. The van der Waals surface area contributed by atoms with Gasteiger partial charge in [0.15, 0.2) is 126 Å². The first-order valence-electron chi connectivity index (χ1n) is 34.6. The van der Waals surface area contributed by atoms with Crippen molar-refractivity contribution in [2.24, 2.45) is 0 Å². The molecular formula is C83H50O44. The highest BCUT2D eigenvalue weighted by Gasteiger charge is 2.32. The maximum absolute atomic E-state index is 14.0. The lowest BCUT2D eigenvalue weighted by atomic mass is 10.1. The van der Waals surface area contributed by atoms with Crippen LogP contribution in [0.2, 0.25) is 0 Å². The lowest BCUT2D eigenvalue weighted by Crippen LogP contribution is -2.14. The number of benzene rings is 12. The van der Waals surface area contributed by atoms with E-state index in [2.05, 4.69) is 0 Å². The van der Waals surface area contributed by atoms with Crippen molar-refractivity contribution in [3.63, 3.8) is 0 Å².